The maximum absolute atomic E-state index is 14.7. The van der Waals surface area contributed by atoms with Crippen molar-refractivity contribution in [2.24, 2.45) is 0 Å². The van der Waals surface area contributed by atoms with Gasteiger partial charge in [-0.1, -0.05) is 54.6 Å². The smallest absolute Gasteiger partial charge is 0.197 e. The largest absolute Gasteiger partial charge is 0.375 e. The molecule has 3 aromatic carbocycles. The van der Waals surface area contributed by atoms with Crippen LogP contribution in [0.1, 0.15) is 65.2 Å². The number of ether oxygens (including phenoxy) is 4. The van der Waals surface area contributed by atoms with Gasteiger partial charge in [0.2, 0.25) is 0 Å². The number of rotatable bonds is 19. The summed E-state index contributed by atoms with van der Waals surface area (Å²) in [6.07, 6.45) is 3.41. The molecule has 0 atom stereocenters. The van der Waals surface area contributed by atoms with E-state index in [9.17, 15) is 9.59 Å². The minimum atomic E-state index is -1.90. The van der Waals surface area contributed by atoms with Gasteiger partial charge in [0.25, 0.3) is 0 Å². The zero-order valence-corrected chi connectivity index (χ0v) is 28.6. The molecule has 45 heavy (non-hydrogen) atoms. The molecule has 0 bridgehead atoms. The van der Waals surface area contributed by atoms with Crippen molar-refractivity contribution in [1.29, 1.82) is 0 Å². The predicted octanol–water partition coefficient (Wildman–Crippen LogP) is 7.76. The first-order valence-electron chi connectivity index (χ1n) is 15.3. The zero-order valence-electron chi connectivity index (χ0n) is 27.7. The van der Waals surface area contributed by atoms with Gasteiger partial charge >= 0.3 is 0 Å². The zero-order chi connectivity index (χ0) is 32.9. The second kappa shape index (κ2) is 18.0. The van der Waals surface area contributed by atoms with E-state index in [1.54, 1.807) is 12.2 Å². The highest BCUT2D eigenvalue weighted by Crippen LogP contribution is 2.46. The average Bonchev–Trinajstić information content (AvgIpc) is 2.99. The van der Waals surface area contributed by atoms with Gasteiger partial charge in [0.15, 0.2) is 11.0 Å². The Hall–Kier alpha value is -3.25. The third kappa shape index (κ3) is 9.38. The fraction of sp³-hybridized carbons (Fsp3) is 0.368. The maximum Gasteiger partial charge on any atom is 0.197 e. The molecule has 0 aliphatic rings. The Morgan fingerprint density at radius 1 is 0.622 bits per heavy atom. The summed E-state index contributed by atoms with van der Waals surface area (Å²) in [5.74, 6) is 0. The van der Waals surface area contributed by atoms with Crippen LogP contribution in [0.15, 0.2) is 67.8 Å². The monoisotopic (exact) mass is 630 g/mol. The minimum Gasteiger partial charge on any atom is -0.375 e. The van der Waals surface area contributed by atoms with Crippen molar-refractivity contribution in [2.75, 3.05) is 39.6 Å². The summed E-state index contributed by atoms with van der Waals surface area (Å²) in [6.45, 7) is 22.6. The molecule has 3 aromatic rings. The molecule has 0 aromatic heterocycles. The number of hydrogen-bond donors (Lipinski definition) is 0. The van der Waals surface area contributed by atoms with E-state index < -0.39 is 7.92 Å². The summed E-state index contributed by atoms with van der Waals surface area (Å²) in [4.78, 5) is 29.4. The van der Waals surface area contributed by atoms with Crippen LogP contribution in [0.25, 0.3) is 0 Å². The fourth-order valence-electron chi connectivity index (χ4n) is 5.60. The second-order valence-corrected chi connectivity index (χ2v) is 13.1. The van der Waals surface area contributed by atoms with Crippen LogP contribution < -0.4 is 5.30 Å². The van der Waals surface area contributed by atoms with Crippen molar-refractivity contribution in [3.05, 3.63) is 123 Å². The lowest BCUT2D eigenvalue weighted by molar-refractivity contribution is 0.0500. The average molecular weight is 631 g/mol. The van der Waals surface area contributed by atoms with Gasteiger partial charge in [-0.3, -0.25) is 9.59 Å². The normalized spacial score (nSPS) is 11.2. The van der Waals surface area contributed by atoms with Crippen molar-refractivity contribution in [3.8, 4) is 0 Å². The van der Waals surface area contributed by atoms with E-state index in [1.165, 1.54) is 0 Å². The molecule has 6 nitrogen and oxygen atoms in total. The maximum atomic E-state index is 14.7. The third-order valence-electron chi connectivity index (χ3n) is 7.82. The second-order valence-electron chi connectivity index (χ2n) is 11.1. The van der Waals surface area contributed by atoms with Crippen molar-refractivity contribution in [1.82, 2.24) is 0 Å². The predicted molar refractivity (Wildman–Crippen MR) is 184 cm³/mol. The Balaban J connectivity index is 2.01. The lowest BCUT2D eigenvalue weighted by Gasteiger charge is -2.23. The number of carbonyl (C=O) groups excluding carboxylic acids is 2. The van der Waals surface area contributed by atoms with E-state index in [4.69, 9.17) is 18.9 Å². The first-order chi connectivity index (χ1) is 21.6. The molecule has 0 aliphatic carbocycles. The van der Waals surface area contributed by atoms with Gasteiger partial charge < -0.3 is 18.9 Å². The van der Waals surface area contributed by atoms with Crippen LogP contribution >= 0.6 is 7.92 Å². The lowest BCUT2D eigenvalue weighted by Crippen LogP contribution is -2.20. The molecular formula is C38H47O6P. The summed E-state index contributed by atoms with van der Waals surface area (Å²) in [7, 11) is -1.90. The van der Waals surface area contributed by atoms with Crippen LogP contribution in [0, 0.1) is 41.5 Å². The van der Waals surface area contributed by atoms with Crippen LogP contribution in [-0.2, 0) is 32.2 Å². The van der Waals surface area contributed by atoms with E-state index in [0.717, 1.165) is 49.8 Å². The van der Waals surface area contributed by atoms with Crippen molar-refractivity contribution < 1.29 is 28.5 Å². The Labute approximate surface area is 270 Å². The van der Waals surface area contributed by atoms with Crippen molar-refractivity contribution in [2.45, 2.75) is 54.8 Å². The van der Waals surface area contributed by atoms with E-state index in [-0.39, 0.29) is 11.0 Å². The van der Waals surface area contributed by atoms with E-state index >= 15 is 0 Å². The van der Waals surface area contributed by atoms with Gasteiger partial charge in [-0.25, -0.2) is 0 Å². The number of benzene rings is 3. The summed E-state index contributed by atoms with van der Waals surface area (Å²) in [5.41, 5.74) is 8.33. The minimum absolute atomic E-state index is 0.150. The van der Waals surface area contributed by atoms with Crippen LogP contribution in [0.5, 0.6) is 0 Å². The van der Waals surface area contributed by atoms with Crippen LogP contribution in [0.3, 0.4) is 0 Å². The molecule has 0 spiro atoms. The standard InChI is InChI=1S/C38H47O6P/c1-9-16-41-18-20-43-24-33-26(3)22-28(5)35(30(33)7)37(39)45(32-14-12-11-13-15-32)38(40)36-29(6)23-27(4)34(31(36)8)25-44-21-19-42-17-10-2/h9-15,22-23H,1-2,16-21,24-25H2,3-8H3. The Morgan fingerprint density at radius 3 is 1.42 bits per heavy atom. The van der Waals surface area contributed by atoms with Crippen LogP contribution in [0.2, 0.25) is 0 Å². The quantitative estimate of drug-likeness (QED) is 0.0766. The number of hydrogen-bond acceptors (Lipinski definition) is 6. The van der Waals surface area contributed by atoms with Crippen molar-refractivity contribution in [3.63, 3.8) is 0 Å². The molecule has 7 heteroatoms. The Bertz CT molecular complexity index is 1400. The SMILES string of the molecule is C=CCOCCOCc1c(C)cc(C)c(C(=O)P(C(=O)c2c(C)cc(C)c(COCCOCC=C)c2C)c2ccccc2)c1C. The summed E-state index contributed by atoms with van der Waals surface area (Å²) in [6, 6.07) is 13.5. The van der Waals surface area contributed by atoms with Gasteiger partial charge in [-0.05, 0) is 91.4 Å². The van der Waals surface area contributed by atoms with Gasteiger partial charge in [0.1, 0.15) is 0 Å². The van der Waals surface area contributed by atoms with Gasteiger partial charge in [0, 0.05) is 11.1 Å². The first-order valence-corrected chi connectivity index (χ1v) is 16.6. The van der Waals surface area contributed by atoms with Crippen LogP contribution in [0.4, 0.5) is 0 Å². The molecule has 0 aliphatic heterocycles. The van der Waals surface area contributed by atoms with E-state index in [1.807, 2.05) is 84.0 Å². The van der Waals surface area contributed by atoms with Gasteiger partial charge in [-0.15, -0.1) is 13.2 Å². The van der Waals surface area contributed by atoms with Crippen LogP contribution in [-0.4, -0.2) is 50.7 Å². The number of carbonyl (C=O) groups is 2. The summed E-state index contributed by atoms with van der Waals surface area (Å²) >= 11 is 0. The highest BCUT2D eigenvalue weighted by atomic mass is 31.1. The number of aryl methyl sites for hydroxylation is 4. The molecule has 0 amide bonds. The third-order valence-corrected chi connectivity index (χ3v) is 9.89. The molecule has 240 valence electrons. The fourth-order valence-corrected chi connectivity index (χ4v) is 7.86. The molecule has 0 fully saturated rings. The summed E-state index contributed by atoms with van der Waals surface area (Å²) < 4.78 is 22.7. The van der Waals surface area contributed by atoms with E-state index in [2.05, 4.69) is 13.2 Å². The molecule has 3 rings (SSSR count). The molecule has 0 unspecified atom stereocenters. The molecule has 0 saturated heterocycles. The topological polar surface area (TPSA) is 71.1 Å². The Kier molecular flexibility index (Phi) is 14.5. The molecule has 0 heterocycles. The molecule has 0 saturated carbocycles. The van der Waals surface area contributed by atoms with Gasteiger partial charge in [-0.2, -0.15) is 0 Å². The molecular weight excluding hydrogens is 583 g/mol. The highest BCUT2D eigenvalue weighted by molar-refractivity contribution is 7.96. The summed E-state index contributed by atoms with van der Waals surface area (Å²) in [5, 5.41) is 0.732. The first kappa shape index (κ1) is 36.2. The van der Waals surface area contributed by atoms with Gasteiger partial charge in [0.05, 0.1) is 60.8 Å². The highest BCUT2D eigenvalue weighted by Gasteiger charge is 2.34. The van der Waals surface area contributed by atoms with Crippen molar-refractivity contribution >= 4 is 24.3 Å². The van der Waals surface area contributed by atoms with E-state index in [0.29, 0.717) is 64.0 Å². The lowest BCUT2D eigenvalue weighted by atomic mass is 9.94. The molecule has 0 N–H and O–H groups in total. The molecule has 0 radical (unpaired) electrons. The Morgan fingerprint density at radius 2 is 1.02 bits per heavy atom.